The van der Waals surface area contributed by atoms with Gasteiger partial charge in [-0.1, -0.05) is 133 Å². The van der Waals surface area contributed by atoms with Crippen molar-refractivity contribution >= 4 is 128 Å². The molecule has 13 aromatic rings. The Morgan fingerprint density at radius 2 is 0.982 bits per heavy atom. The first-order valence-electron chi connectivity index (χ1n) is 18.6. The van der Waals surface area contributed by atoms with E-state index in [1.165, 1.54) is 78.9 Å². The molecule has 254 valence electrons. The van der Waals surface area contributed by atoms with E-state index in [4.69, 9.17) is 9.97 Å². The number of nitrogens with zero attached hydrogens (tertiary/aromatic N) is 3. The molecule has 0 saturated carbocycles. The minimum atomic E-state index is 0.732. The molecular formula is C50H27N3S2. The molecule has 4 heterocycles. The zero-order valence-electron chi connectivity index (χ0n) is 29.2. The second kappa shape index (κ2) is 11.0. The average molecular weight is 734 g/mol. The molecule has 55 heavy (non-hydrogen) atoms. The van der Waals surface area contributed by atoms with Gasteiger partial charge < -0.3 is 0 Å². The van der Waals surface area contributed by atoms with Crippen LogP contribution in [0.3, 0.4) is 0 Å². The predicted molar refractivity (Wildman–Crippen MR) is 238 cm³/mol. The van der Waals surface area contributed by atoms with E-state index in [9.17, 15) is 0 Å². The van der Waals surface area contributed by atoms with Gasteiger partial charge in [0.25, 0.3) is 0 Å². The number of rotatable bonds is 2. The highest BCUT2D eigenvalue weighted by Crippen LogP contribution is 2.50. The van der Waals surface area contributed by atoms with E-state index in [-0.39, 0.29) is 0 Å². The summed E-state index contributed by atoms with van der Waals surface area (Å²) in [4.78, 5) is 11.3. The van der Waals surface area contributed by atoms with Crippen LogP contribution in [0, 0.1) is 0 Å². The molecule has 5 heteroatoms. The SMILES string of the molecule is c1ccc2cc3c(cc2c1)c1c2c4ccccc4sc2c2ccccc2c1n3-c1nc(-c2cc3ccccc3c3ccccc23)nc2c1sc1ccccc12. The molecule has 0 amide bonds. The molecule has 0 saturated heterocycles. The van der Waals surface area contributed by atoms with Gasteiger partial charge in [0.05, 0.1) is 21.3 Å². The van der Waals surface area contributed by atoms with E-state index in [1.54, 1.807) is 11.3 Å². The molecule has 9 aromatic carbocycles. The van der Waals surface area contributed by atoms with Crippen LogP contribution in [0.25, 0.3) is 123 Å². The van der Waals surface area contributed by atoms with Gasteiger partial charge >= 0.3 is 0 Å². The topological polar surface area (TPSA) is 30.7 Å². The van der Waals surface area contributed by atoms with Crippen LogP contribution >= 0.6 is 22.7 Å². The second-order valence-electron chi connectivity index (χ2n) is 14.5. The second-order valence-corrected chi connectivity index (χ2v) is 16.6. The summed E-state index contributed by atoms with van der Waals surface area (Å²) in [5, 5.41) is 16.0. The van der Waals surface area contributed by atoms with Crippen molar-refractivity contribution in [1.29, 1.82) is 0 Å². The van der Waals surface area contributed by atoms with Gasteiger partial charge in [0, 0.05) is 57.4 Å². The van der Waals surface area contributed by atoms with E-state index in [0.29, 0.717) is 0 Å². The van der Waals surface area contributed by atoms with Gasteiger partial charge in [-0.15, -0.1) is 22.7 Å². The molecule has 0 spiro atoms. The smallest absolute Gasteiger partial charge is 0.162 e. The van der Waals surface area contributed by atoms with Crippen LogP contribution < -0.4 is 0 Å². The highest BCUT2D eigenvalue weighted by molar-refractivity contribution is 7.27. The summed E-state index contributed by atoms with van der Waals surface area (Å²) < 4.78 is 7.40. The van der Waals surface area contributed by atoms with Crippen LogP contribution in [-0.2, 0) is 0 Å². The number of hydrogen-bond donors (Lipinski definition) is 0. The molecule has 0 unspecified atom stereocenters. The van der Waals surface area contributed by atoms with Crippen molar-refractivity contribution in [2.24, 2.45) is 0 Å². The van der Waals surface area contributed by atoms with Gasteiger partial charge in [0.15, 0.2) is 11.6 Å². The van der Waals surface area contributed by atoms with Gasteiger partial charge in [-0.3, -0.25) is 4.57 Å². The predicted octanol–water partition coefficient (Wildman–Crippen LogP) is 14.6. The molecule has 0 aliphatic heterocycles. The summed E-state index contributed by atoms with van der Waals surface area (Å²) in [6.45, 7) is 0. The molecule has 0 atom stereocenters. The van der Waals surface area contributed by atoms with Crippen molar-refractivity contribution in [2.75, 3.05) is 0 Å². The van der Waals surface area contributed by atoms with Gasteiger partial charge in [0.2, 0.25) is 0 Å². The minimum absolute atomic E-state index is 0.732. The van der Waals surface area contributed by atoms with Crippen LogP contribution in [0.1, 0.15) is 0 Å². The first kappa shape index (κ1) is 29.8. The summed E-state index contributed by atoms with van der Waals surface area (Å²) in [6.07, 6.45) is 0. The fourth-order valence-electron chi connectivity index (χ4n) is 9.16. The lowest BCUT2D eigenvalue weighted by atomic mass is 9.97. The van der Waals surface area contributed by atoms with Crippen molar-refractivity contribution in [1.82, 2.24) is 14.5 Å². The summed E-state index contributed by atoms with van der Waals surface area (Å²) >= 11 is 3.68. The van der Waals surface area contributed by atoms with E-state index < -0.39 is 0 Å². The zero-order chi connectivity index (χ0) is 35.8. The molecular weight excluding hydrogens is 707 g/mol. The maximum atomic E-state index is 5.75. The Labute approximate surface area is 322 Å². The maximum Gasteiger partial charge on any atom is 0.162 e. The third-order valence-corrected chi connectivity index (χ3v) is 13.9. The molecule has 0 aliphatic rings. The van der Waals surface area contributed by atoms with Crippen molar-refractivity contribution in [3.63, 3.8) is 0 Å². The highest BCUT2D eigenvalue weighted by atomic mass is 32.1. The van der Waals surface area contributed by atoms with Crippen molar-refractivity contribution < 1.29 is 0 Å². The summed E-state index contributed by atoms with van der Waals surface area (Å²) in [6, 6.07) is 59.7. The number of benzene rings is 9. The lowest BCUT2D eigenvalue weighted by molar-refractivity contribution is 1.09. The minimum Gasteiger partial charge on any atom is -0.292 e. The van der Waals surface area contributed by atoms with E-state index in [0.717, 1.165) is 43.7 Å². The first-order valence-corrected chi connectivity index (χ1v) is 20.2. The van der Waals surface area contributed by atoms with Crippen molar-refractivity contribution in [3.8, 4) is 17.2 Å². The van der Waals surface area contributed by atoms with Gasteiger partial charge in [-0.25, -0.2) is 9.97 Å². The Balaban J connectivity index is 1.29. The summed E-state index contributed by atoms with van der Waals surface area (Å²) in [5.41, 5.74) is 4.35. The third kappa shape index (κ3) is 4.03. The molecule has 0 aliphatic carbocycles. The molecule has 13 rings (SSSR count). The molecule has 0 radical (unpaired) electrons. The van der Waals surface area contributed by atoms with Gasteiger partial charge in [-0.2, -0.15) is 0 Å². The quantitative estimate of drug-likeness (QED) is 0.166. The molecule has 0 N–H and O–H groups in total. The van der Waals surface area contributed by atoms with Gasteiger partial charge in [-0.05, 0) is 62.6 Å². The number of fused-ring (bicyclic) bond motifs is 17. The lowest BCUT2D eigenvalue weighted by Crippen LogP contribution is -2.02. The Bertz CT molecular complexity index is 3790. The van der Waals surface area contributed by atoms with E-state index in [2.05, 4.69) is 168 Å². The summed E-state index contributed by atoms with van der Waals surface area (Å²) in [5.74, 6) is 1.65. The fourth-order valence-corrected chi connectivity index (χ4v) is 11.5. The van der Waals surface area contributed by atoms with E-state index in [1.807, 2.05) is 11.3 Å². The Morgan fingerprint density at radius 1 is 0.400 bits per heavy atom. The lowest BCUT2D eigenvalue weighted by Gasteiger charge is -2.14. The van der Waals surface area contributed by atoms with Crippen molar-refractivity contribution in [2.45, 2.75) is 0 Å². The number of aromatic nitrogens is 3. The van der Waals surface area contributed by atoms with Crippen LogP contribution in [0.4, 0.5) is 0 Å². The standard InChI is InChI=1S/C50H27N3S2/c1-2-14-29-27-40-39(25-28(29)13-1)43-44-36-21-9-11-23-41(36)54-47(44)35-20-8-7-19-34(35)46(43)53(40)50-48-45(37-22-10-12-24-42(37)55-48)51-49(52-50)38-26-30-15-3-4-16-31(30)32-17-5-6-18-33(32)38/h1-27H. The monoisotopic (exact) mass is 733 g/mol. The van der Waals surface area contributed by atoms with E-state index >= 15 is 0 Å². The normalized spacial score (nSPS) is 12.4. The summed E-state index contributed by atoms with van der Waals surface area (Å²) in [7, 11) is 0. The van der Waals surface area contributed by atoms with Crippen LogP contribution in [0.5, 0.6) is 0 Å². The number of thiophene rings is 2. The molecule has 3 nitrogen and oxygen atoms in total. The Morgan fingerprint density at radius 3 is 1.78 bits per heavy atom. The first-order chi connectivity index (χ1) is 27.3. The van der Waals surface area contributed by atoms with Gasteiger partial charge in [0.1, 0.15) is 0 Å². The fraction of sp³-hybridized carbons (Fsp3) is 0. The third-order valence-electron chi connectivity index (χ3n) is 11.5. The number of hydrogen-bond acceptors (Lipinski definition) is 4. The maximum absolute atomic E-state index is 5.75. The van der Waals surface area contributed by atoms with Crippen LogP contribution in [0.2, 0.25) is 0 Å². The molecule has 0 fully saturated rings. The van der Waals surface area contributed by atoms with Crippen molar-refractivity contribution in [3.05, 3.63) is 164 Å². The molecule has 0 bridgehead atoms. The molecule has 4 aromatic heterocycles. The average Bonchev–Trinajstić information content (AvgIpc) is 3.92. The van der Waals surface area contributed by atoms with Crippen LogP contribution in [-0.4, -0.2) is 14.5 Å². The van der Waals surface area contributed by atoms with Crippen LogP contribution in [0.15, 0.2) is 164 Å². The largest absolute Gasteiger partial charge is 0.292 e. The Hall–Kier alpha value is -6.66. The highest BCUT2D eigenvalue weighted by Gasteiger charge is 2.26. The Kier molecular flexibility index (Phi) is 5.93. The zero-order valence-corrected chi connectivity index (χ0v) is 30.9.